The van der Waals surface area contributed by atoms with Gasteiger partial charge in [0.05, 0.1) is 0 Å². The number of hydrogen-bond acceptors (Lipinski definition) is 1. The fourth-order valence-electron chi connectivity index (χ4n) is 1.14. The SMILES string of the molecule is C=C(CCCCCCN)C(C)C. The molecule has 0 amide bonds. The van der Waals surface area contributed by atoms with Crippen LogP contribution < -0.4 is 5.73 Å². The maximum Gasteiger partial charge on any atom is -0.00773 e. The van der Waals surface area contributed by atoms with Crippen LogP contribution in [0.5, 0.6) is 0 Å². The molecular weight excluding hydrogens is 146 g/mol. The Morgan fingerprint density at radius 1 is 1.17 bits per heavy atom. The number of nitrogens with two attached hydrogens (primary N) is 1. The summed E-state index contributed by atoms with van der Waals surface area (Å²) in [5.41, 5.74) is 6.79. The van der Waals surface area contributed by atoms with Gasteiger partial charge in [0.1, 0.15) is 0 Å². The molecule has 0 atom stereocenters. The summed E-state index contributed by atoms with van der Waals surface area (Å²) in [6, 6.07) is 0. The van der Waals surface area contributed by atoms with Crippen molar-refractivity contribution in [3.63, 3.8) is 0 Å². The zero-order chi connectivity index (χ0) is 9.40. The van der Waals surface area contributed by atoms with Crippen molar-refractivity contribution >= 4 is 0 Å². The molecule has 0 radical (unpaired) electrons. The Morgan fingerprint density at radius 3 is 2.25 bits per heavy atom. The van der Waals surface area contributed by atoms with E-state index in [1.165, 1.54) is 37.7 Å². The van der Waals surface area contributed by atoms with Crippen LogP contribution in [0.2, 0.25) is 0 Å². The topological polar surface area (TPSA) is 26.0 Å². The third-order valence-corrected chi connectivity index (χ3v) is 2.27. The second-order valence-electron chi connectivity index (χ2n) is 3.77. The van der Waals surface area contributed by atoms with Gasteiger partial charge in [-0.3, -0.25) is 0 Å². The molecule has 0 saturated carbocycles. The average Bonchev–Trinajstić information content (AvgIpc) is 2.03. The third-order valence-electron chi connectivity index (χ3n) is 2.27. The van der Waals surface area contributed by atoms with E-state index in [4.69, 9.17) is 5.73 Å². The standard InChI is InChI=1S/C11H23N/c1-10(2)11(3)8-6-4-5-7-9-12/h10H,3-9,12H2,1-2H3. The molecule has 0 rings (SSSR count). The summed E-state index contributed by atoms with van der Waals surface area (Å²) in [6.45, 7) is 9.31. The van der Waals surface area contributed by atoms with Gasteiger partial charge in [-0.15, -0.1) is 0 Å². The van der Waals surface area contributed by atoms with Crippen LogP contribution in [0.25, 0.3) is 0 Å². The molecule has 0 saturated heterocycles. The smallest absolute Gasteiger partial charge is 0.00773 e. The molecule has 12 heavy (non-hydrogen) atoms. The number of unbranched alkanes of at least 4 members (excludes halogenated alkanes) is 3. The lowest BCUT2D eigenvalue weighted by molar-refractivity contribution is 0.616. The molecule has 2 N–H and O–H groups in total. The predicted octanol–water partition coefficient (Wildman–Crippen LogP) is 3.11. The van der Waals surface area contributed by atoms with Crippen LogP contribution in [0.4, 0.5) is 0 Å². The van der Waals surface area contributed by atoms with E-state index in [1.54, 1.807) is 0 Å². The molecule has 0 heterocycles. The highest BCUT2D eigenvalue weighted by molar-refractivity contribution is 4.96. The second-order valence-corrected chi connectivity index (χ2v) is 3.77. The Hall–Kier alpha value is -0.300. The fraction of sp³-hybridized carbons (Fsp3) is 0.818. The Labute approximate surface area is 77.0 Å². The van der Waals surface area contributed by atoms with E-state index >= 15 is 0 Å². The summed E-state index contributed by atoms with van der Waals surface area (Å²) < 4.78 is 0. The van der Waals surface area contributed by atoms with Crippen molar-refractivity contribution in [1.82, 2.24) is 0 Å². The first-order valence-corrected chi connectivity index (χ1v) is 5.06. The van der Waals surface area contributed by atoms with Crippen molar-refractivity contribution in [2.45, 2.75) is 46.0 Å². The lowest BCUT2D eigenvalue weighted by atomic mass is 9.99. The monoisotopic (exact) mass is 169 g/mol. The van der Waals surface area contributed by atoms with Crippen molar-refractivity contribution in [2.24, 2.45) is 11.7 Å². The molecule has 0 aliphatic rings. The zero-order valence-electron chi connectivity index (χ0n) is 8.60. The van der Waals surface area contributed by atoms with Crippen LogP contribution in [0.3, 0.4) is 0 Å². The Kier molecular flexibility index (Phi) is 7.17. The first-order valence-electron chi connectivity index (χ1n) is 5.06. The van der Waals surface area contributed by atoms with E-state index in [0.717, 1.165) is 6.54 Å². The lowest BCUT2D eigenvalue weighted by Crippen LogP contribution is -1.98. The molecule has 0 bridgehead atoms. The highest BCUT2D eigenvalue weighted by Crippen LogP contribution is 2.15. The third kappa shape index (κ3) is 6.41. The molecule has 0 unspecified atom stereocenters. The van der Waals surface area contributed by atoms with Crippen molar-refractivity contribution in [2.75, 3.05) is 6.54 Å². The number of hydrogen-bond donors (Lipinski definition) is 1. The molecule has 0 aromatic carbocycles. The van der Waals surface area contributed by atoms with Gasteiger partial charge in [0.25, 0.3) is 0 Å². The molecule has 1 nitrogen and oxygen atoms in total. The normalized spacial score (nSPS) is 10.7. The van der Waals surface area contributed by atoms with Gasteiger partial charge in [0, 0.05) is 0 Å². The minimum absolute atomic E-state index is 0.652. The molecule has 0 aromatic rings. The summed E-state index contributed by atoms with van der Waals surface area (Å²) in [5, 5.41) is 0. The molecule has 72 valence electrons. The highest BCUT2D eigenvalue weighted by Gasteiger charge is 1.98. The highest BCUT2D eigenvalue weighted by atomic mass is 14.5. The van der Waals surface area contributed by atoms with E-state index in [9.17, 15) is 0 Å². The molecule has 0 aromatic heterocycles. The summed E-state index contributed by atoms with van der Waals surface area (Å²) in [4.78, 5) is 0. The van der Waals surface area contributed by atoms with Crippen molar-refractivity contribution in [3.05, 3.63) is 12.2 Å². The molecule has 1 heteroatoms. The molecular formula is C11H23N. The number of rotatable bonds is 7. The molecule has 0 aliphatic heterocycles. The van der Waals surface area contributed by atoms with Crippen LogP contribution in [-0.2, 0) is 0 Å². The molecule has 0 fully saturated rings. The van der Waals surface area contributed by atoms with Gasteiger partial charge in [-0.2, -0.15) is 0 Å². The van der Waals surface area contributed by atoms with Crippen LogP contribution in [-0.4, -0.2) is 6.54 Å². The van der Waals surface area contributed by atoms with E-state index in [-0.39, 0.29) is 0 Å². The van der Waals surface area contributed by atoms with E-state index in [0.29, 0.717) is 5.92 Å². The zero-order valence-corrected chi connectivity index (χ0v) is 8.60. The van der Waals surface area contributed by atoms with Crippen LogP contribution in [0.15, 0.2) is 12.2 Å². The van der Waals surface area contributed by atoms with Gasteiger partial charge in [-0.25, -0.2) is 0 Å². The number of allylic oxidation sites excluding steroid dienone is 1. The van der Waals surface area contributed by atoms with Gasteiger partial charge in [0.15, 0.2) is 0 Å². The van der Waals surface area contributed by atoms with Gasteiger partial charge >= 0.3 is 0 Å². The van der Waals surface area contributed by atoms with Crippen LogP contribution in [0.1, 0.15) is 46.0 Å². The maximum absolute atomic E-state index is 5.40. The van der Waals surface area contributed by atoms with Crippen molar-refractivity contribution < 1.29 is 0 Å². The van der Waals surface area contributed by atoms with Crippen LogP contribution in [0, 0.1) is 5.92 Å². The minimum Gasteiger partial charge on any atom is -0.330 e. The molecule has 0 spiro atoms. The van der Waals surface area contributed by atoms with E-state index < -0.39 is 0 Å². The van der Waals surface area contributed by atoms with Crippen molar-refractivity contribution in [3.8, 4) is 0 Å². The van der Waals surface area contributed by atoms with Crippen molar-refractivity contribution in [1.29, 1.82) is 0 Å². The van der Waals surface area contributed by atoms with E-state index in [2.05, 4.69) is 20.4 Å². The summed E-state index contributed by atoms with van der Waals surface area (Å²) in [6.07, 6.45) is 6.25. The van der Waals surface area contributed by atoms with Crippen LogP contribution >= 0.6 is 0 Å². The largest absolute Gasteiger partial charge is 0.330 e. The first kappa shape index (κ1) is 11.7. The Balaban J connectivity index is 3.14. The summed E-state index contributed by atoms with van der Waals surface area (Å²) in [5.74, 6) is 0.652. The summed E-state index contributed by atoms with van der Waals surface area (Å²) >= 11 is 0. The van der Waals surface area contributed by atoms with Gasteiger partial charge in [-0.1, -0.05) is 38.8 Å². The quantitative estimate of drug-likeness (QED) is 0.460. The molecule has 0 aliphatic carbocycles. The second kappa shape index (κ2) is 7.35. The fourth-order valence-corrected chi connectivity index (χ4v) is 1.14. The lowest BCUT2D eigenvalue weighted by Gasteiger charge is -2.08. The van der Waals surface area contributed by atoms with E-state index in [1.807, 2.05) is 0 Å². The first-order chi connectivity index (χ1) is 5.68. The Bertz CT molecular complexity index is 116. The Morgan fingerprint density at radius 2 is 1.75 bits per heavy atom. The summed E-state index contributed by atoms with van der Waals surface area (Å²) in [7, 11) is 0. The minimum atomic E-state index is 0.652. The predicted molar refractivity (Wildman–Crippen MR) is 56.1 cm³/mol. The average molecular weight is 169 g/mol. The maximum atomic E-state index is 5.40. The van der Waals surface area contributed by atoms with Gasteiger partial charge in [-0.05, 0) is 31.7 Å². The van der Waals surface area contributed by atoms with Gasteiger partial charge < -0.3 is 5.73 Å². The van der Waals surface area contributed by atoms with Gasteiger partial charge in [0.2, 0.25) is 0 Å².